The summed E-state index contributed by atoms with van der Waals surface area (Å²) in [5.41, 5.74) is -1.08. The van der Waals surface area contributed by atoms with E-state index in [4.69, 9.17) is 17.7 Å². The average Bonchev–Trinajstić information content (AvgIpc) is 2.29. The zero-order chi connectivity index (χ0) is 21.0. The van der Waals surface area contributed by atoms with Gasteiger partial charge >= 0.3 is 5.97 Å². The van der Waals surface area contributed by atoms with Crippen molar-refractivity contribution in [3.63, 3.8) is 0 Å². The van der Waals surface area contributed by atoms with Gasteiger partial charge in [-0.15, -0.1) is 0 Å². The predicted octanol–water partition coefficient (Wildman–Crippen LogP) is 5.05. The molecule has 0 N–H and O–H groups in total. The minimum Gasteiger partial charge on any atom is -0.518 e. The van der Waals surface area contributed by atoms with Crippen molar-refractivity contribution in [3.8, 4) is 0 Å². The molecule has 0 fully saturated rings. The zero-order valence-corrected chi connectivity index (χ0v) is 23.2. The molecule has 0 spiro atoms. The summed E-state index contributed by atoms with van der Waals surface area (Å²) in [7, 11) is -7.56. The Hall–Kier alpha value is 0.218. The van der Waals surface area contributed by atoms with E-state index in [2.05, 4.69) is 58.9 Å². The van der Waals surface area contributed by atoms with E-state index >= 15 is 0 Å². The topological polar surface area (TPSA) is 54.0 Å². The maximum absolute atomic E-state index is 13.2. The molecule has 5 nitrogen and oxygen atoms in total. The Bertz CT molecular complexity index is 458. The second-order valence-electron chi connectivity index (χ2n) is 10.8. The van der Waals surface area contributed by atoms with E-state index in [9.17, 15) is 4.79 Å². The van der Waals surface area contributed by atoms with Gasteiger partial charge < -0.3 is 17.7 Å². The molecule has 0 saturated carbocycles. The fourth-order valence-electron chi connectivity index (χ4n) is 2.17. The van der Waals surface area contributed by atoms with Crippen LogP contribution in [0, 0.1) is 0 Å². The van der Waals surface area contributed by atoms with Crippen molar-refractivity contribution in [2.24, 2.45) is 0 Å². The Labute approximate surface area is 165 Å². The Balaban J connectivity index is 5.70. The molecule has 0 rings (SSSR count). The summed E-state index contributed by atoms with van der Waals surface area (Å²) in [6, 6.07) is 0. The summed E-state index contributed by atoms with van der Waals surface area (Å²) in [5.74, 6) is -0.281. The molecule has 1 atom stereocenters. The fourth-order valence-corrected chi connectivity index (χ4v) is 5.71. The van der Waals surface area contributed by atoms with E-state index < -0.39 is 38.9 Å². The lowest BCUT2D eigenvalue weighted by Gasteiger charge is -2.40. The molecule has 0 aliphatic heterocycles. The number of hydrogen-bond acceptors (Lipinski definition) is 5. The number of hydrogen-bond donors (Lipinski definition) is 0. The van der Waals surface area contributed by atoms with E-state index in [-0.39, 0.29) is 12.6 Å². The van der Waals surface area contributed by atoms with E-state index in [0.29, 0.717) is 13.0 Å². The van der Waals surface area contributed by atoms with Gasteiger partial charge in [-0.05, 0) is 78.6 Å². The average molecular weight is 439 g/mol. The molecule has 0 aromatic carbocycles. The molecule has 0 heterocycles. The van der Waals surface area contributed by atoms with Gasteiger partial charge in [-0.3, -0.25) is 4.79 Å². The first-order chi connectivity index (χ1) is 11.2. The summed E-state index contributed by atoms with van der Waals surface area (Å²) in [6.07, 6.45) is 0.468. The van der Waals surface area contributed by atoms with E-state index in [1.807, 2.05) is 19.6 Å². The number of carbonyl (C=O) groups is 1. The first-order valence-corrected chi connectivity index (χ1v) is 23.1. The van der Waals surface area contributed by atoms with Crippen molar-refractivity contribution < 1.29 is 22.5 Å². The van der Waals surface area contributed by atoms with Crippen molar-refractivity contribution in [2.75, 3.05) is 13.2 Å². The van der Waals surface area contributed by atoms with Gasteiger partial charge in [0.2, 0.25) is 8.32 Å². The molecule has 9 heteroatoms. The van der Waals surface area contributed by atoms with Crippen molar-refractivity contribution in [1.29, 1.82) is 0 Å². The molecule has 0 amide bonds. The summed E-state index contributed by atoms with van der Waals surface area (Å²) in [4.78, 5) is 13.2. The van der Waals surface area contributed by atoms with Gasteiger partial charge in [0, 0.05) is 13.0 Å². The van der Waals surface area contributed by atoms with Crippen LogP contribution in [0.3, 0.4) is 0 Å². The lowest BCUT2D eigenvalue weighted by Crippen LogP contribution is -2.56. The Morgan fingerprint density at radius 3 is 1.50 bits per heavy atom. The van der Waals surface area contributed by atoms with Gasteiger partial charge in [0.1, 0.15) is 0 Å². The van der Waals surface area contributed by atoms with Crippen LogP contribution in [0.25, 0.3) is 0 Å². The molecule has 0 aliphatic carbocycles. The highest BCUT2D eigenvalue weighted by Gasteiger charge is 2.47. The minimum absolute atomic E-state index is 0.241. The molecule has 0 aromatic heterocycles. The van der Waals surface area contributed by atoms with Crippen LogP contribution in [0.2, 0.25) is 78.6 Å². The van der Waals surface area contributed by atoms with Crippen LogP contribution in [-0.4, -0.2) is 58.1 Å². The zero-order valence-electron chi connectivity index (χ0n) is 19.2. The van der Waals surface area contributed by atoms with Crippen LogP contribution < -0.4 is 0 Å². The number of rotatable bonds is 11. The monoisotopic (exact) mass is 438 g/mol. The summed E-state index contributed by atoms with van der Waals surface area (Å²) < 4.78 is 24.6. The van der Waals surface area contributed by atoms with Crippen LogP contribution in [0.15, 0.2) is 0 Å². The smallest absolute Gasteiger partial charge is 0.326 e. The van der Waals surface area contributed by atoms with E-state index in [0.717, 1.165) is 0 Å². The van der Waals surface area contributed by atoms with Gasteiger partial charge in [0.05, 0.1) is 6.61 Å². The molecule has 0 saturated heterocycles. The Morgan fingerprint density at radius 1 is 0.692 bits per heavy atom. The van der Waals surface area contributed by atoms with E-state index in [1.54, 1.807) is 0 Å². The lowest BCUT2D eigenvalue weighted by atomic mass is 10.0. The van der Waals surface area contributed by atoms with Gasteiger partial charge in [-0.25, -0.2) is 0 Å². The first-order valence-electron chi connectivity index (χ1n) is 9.46. The molecular weight excluding hydrogens is 397 g/mol. The third-order valence-electron chi connectivity index (χ3n) is 3.05. The summed E-state index contributed by atoms with van der Waals surface area (Å²) in [5, 5.41) is 0. The standard InChI is InChI=1S/C17H42O5Si4/c1-23(2,3)19-14-13-17(22-26(10,11)12,15-20-24(4,5)6)16(18)21-25(7,8)9/h13-15H2,1-12H3. The highest BCUT2D eigenvalue weighted by molar-refractivity contribution is 6.72. The van der Waals surface area contributed by atoms with Crippen LogP contribution >= 0.6 is 0 Å². The third-order valence-corrected chi connectivity index (χ3v) is 6.93. The third kappa shape index (κ3) is 12.6. The normalized spacial score (nSPS) is 16.3. The van der Waals surface area contributed by atoms with Crippen LogP contribution in [0.1, 0.15) is 6.42 Å². The van der Waals surface area contributed by atoms with Gasteiger partial charge in [-0.1, -0.05) is 0 Å². The van der Waals surface area contributed by atoms with Gasteiger partial charge in [0.25, 0.3) is 0 Å². The van der Waals surface area contributed by atoms with E-state index in [1.165, 1.54) is 0 Å². The molecular formula is C17H42O5Si4. The highest BCUT2D eigenvalue weighted by atomic mass is 28.4. The molecule has 0 aromatic rings. The maximum Gasteiger partial charge on any atom is 0.326 e. The molecule has 1 unspecified atom stereocenters. The maximum atomic E-state index is 13.2. The van der Waals surface area contributed by atoms with Crippen molar-refractivity contribution in [3.05, 3.63) is 0 Å². The quantitative estimate of drug-likeness (QED) is 0.423. The molecule has 26 heavy (non-hydrogen) atoms. The molecule has 0 aliphatic rings. The Kier molecular flexibility index (Phi) is 9.22. The largest absolute Gasteiger partial charge is 0.518 e. The van der Waals surface area contributed by atoms with Crippen molar-refractivity contribution in [1.82, 2.24) is 0 Å². The van der Waals surface area contributed by atoms with Gasteiger partial charge in [0.15, 0.2) is 30.6 Å². The fraction of sp³-hybridized carbons (Fsp3) is 0.941. The predicted molar refractivity (Wildman–Crippen MR) is 120 cm³/mol. The molecule has 0 bridgehead atoms. The Morgan fingerprint density at radius 2 is 1.15 bits per heavy atom. The second-order valence-corrected chi connectivity index (χ2v) is 28.7. The van der Waals surface area contributed by atoms with Crippen LogP contribution in [-0.2, 0) is 22.5 Å². The second kappa shape index (κ2) is 9.14. The van der Waals surface area contributed by atoms with Crippen LogP contribution in [0.5, 0.6) is 0 Å². The minimum atomic E-state index is -2.05. The summed E-state index contributed by atoms with van der Waals surface area (Å²) in [6.45, 7) is 25.9. The summed E-state index contributed by atoms with van der Waals surface area (Å²) >= 11 is 0. The van der Waals surface area contributed by atoms with Crippen LogP contribution in [0.4, 0.5) is 0 Å². The lowest BCUT2D eigenvalue weighted by molar-refractivity contribution is -0.158. The number of carbonyl (C=O) groups excluding carboxylic acids is 1. The van der Waals surface area contributed by atoms with Crippen molar-refractivity contribution >= 4 is 39.2 Å². The highest BCUT2D eigenvalue weighted by Crippen LogP contribution is 2.28. The SMILES string of the molecule is C[Si](C)(C)OCCC(CO[Si](C)(C)C)(O[Si](C)(C)C)C(=O)O[Si](C)(C)C. The molecule has 156 valence electrons. The van der Waals surface area contributed by atoms with Gasteiger partial charge in [-0.2, -0.15) is 0 Å². The molecule has 0 radical (unpaired) electrons. The van der Waals surface area contributed by atoms with Crippen molar-refractivity contribution in [2.45, 2.75) is 90.6 Å². The first kappa shape index (κ1) is 26.2.